The van der Waals surface area contributed by atoms with Crippen molar-refractivity contribution < 1.29 is 5.11 Å². The molecule has 2 aromatic carbocycles. The molecule has 0 saturated heterocycles. The summed E-state index contributed by atoms with van der Waals surface area (Å²) in [6, 6.07) is 14.7. The van der Waals surface area contributed by atoms with Gasteiger partial charge in [-0.15, -0.1) is 12.6 Å². The summed E-state index contributed by atoms with van der Waals surface area (Å²) in [5, 5.41) is 9.81. The second kappa shape index (κ2) is 7.02. The lowest BCUT2D eigenvalue weighted by atomic mass is 10.1. The van der Waals surface area contributed by atoms with Crippen LogP contribution in [0.3, 0.4) is 0 Å². The summed E-state index contributed by atoms with van der Waals surface area (Å²) in [5.41, 5.74) is 14.8. The Morgan fingerprint density at radius 1 is 1.00 bits per heavy atom. The Labute approximate surface area is 130 Å². The summed E-state index contributed by atoms with van der Waals surface area (Å²) in [4.78, 5) is 0.847. The monoisotopic (exact) mass is 298 g/mol. The van der Waals surface area contributed by atoms with E-state index in [1.807, 2.05) is 42.5 Å². The summed E-state index contributed by atoms with van der Waals surface area (Å²) in [7, 11) is 0. The molecule has 0 fully saturated rings. The van der Waals surface area contributed by atoms with Crippen molar-refractivity contribution >= 4 is 24.8 Å². The normalized spacial score (nSPS) is 12.5. The first kappa shape index (κ1) is 15.2. The molecular formula is C17H18N2OS. The average molecular weight is 298 g/mol. The Balaban J connectivity index is 2.38. The summed E-state index contributed by atoms with van der Waals surface area (Å²) in [6.07, 6.45) is 3.63. The first-order valence-electron chi connectivity index (χ1n) is 6.56. The van der Waals surface area contributed by atoms with Crippen molar-refractivity contribution in [3.8, 4) is 5.75 Å². The highest BCUT2D eigenvalue weighted by Crippen LogP contribution is 2.22. The molecule has 2 aromatic rings. The molecule has 0 aromatic heterocycles. The molecule has 0 saturated carbocycles. The smallest absolute Gasteiger partial charge is 0.122 e. The van der Waals surface area contributed by atoms with Gasteiger partial charge < -0.3 is 16.6 Å². The first-order chi connectivity index (χ1) is 10.1. The van der Waals surface area contributed by atoms with Gasteiger partial charge in [-0.3, -0.25) is 0 Å². The third-order valence-corrected chi connectivity index (χ3v) is 3.51. The van der Waals surface area contributed by atoms with E-state index in [9.17, 15) is 5.11 Å². The Kier molecular flexibility index (Phi) is 5.09. The largest absolute Gasteiger partial charge is 0.507 e. The van der Waals surface area contributed by atoms with E-state index in [0.717, 1.165) is 16.0 Å². The highest BCUT2D eigenvalue weighted by atomic mass is 32.1. The Bertz CT molecular complexity index is 693. The van der Waals surface area contributed by atoms with Gasteiger partial charge in [-0.05, 0) is 35.4 Å². The van der Waals surface area contributed by atoms with E-state index in [2.05, 4.69) is 12.6 Å². The van der Waals surface area contributed by atoms with Gasteiger partial charge in [0, 0.05) is 22.7 Å². The van der Waals surface area contributed by atoms with Gasteiger partial charge in [-0.25, -0.2) is 0 Å². The Morgan fingerprint density at radius 2 is 1.62 bits per heavy atom. The van der Waals surface area contributed by atoms with Gasteiger partial charge in [0.1, 0.15) is 5.75 Å². The van der Waals surface area contributed by atoms with Crippen LogP contribution in [0, 0.1) is 0 Å². The second-order valence-corrected chi connectivity index (χ2v) is 5.07. The van der Waals surface area contributed by atoms with E-state index >= 15 is 0 Å². The third kappa shape index (κ3) is 3.90. The standard InChI is InChI=1S/C17H18N2OS/c18-11-14(9-12-5-1-3-7-16(12)20)15(19)10-13-6-2-4-8-17(13)21/h1-10,20-21H,11,18-19H2. The molecule has 3 nitrogen and oxygen atoms in total. The average Bonchev–Trinajstić information content (AvgIpc) is 2.48. The lowest BCUT2D eigenvalue weighted by Gasteiger charge is -2.08. The fraction of sp³-hybridized carbons (Fsp3) is 0.0588. The number of benzene rings is 2. The fourth-order valence-electron chi connectivity index (χ4n) is 1.93. The van der Waals surface area contributed by atoms with E-state index in [4.69, 9.17) is 11.5 Å². The zero-order valence-electron chi connectivity index (χ0n) is 11.5. The minimum absolute atomic E-state index is 0.200. The molecule has 0 radical (unpaired) electrons. The maximum atomic E-state index is 9.81. The highest BCUT2D eigenvalue weighted by molar-refractivity contribution is 7.80. The molecule has 4 heteroatoms. The van der Waals surface area contributed by atoms with Crippen molar-refractivity contribution in [2.24, 2.45) is 11.5 Å². The minimum Gasteiger partial charge on any atom is -0.507 e. The van der Waals surface area contributed by atoms with Gasteiger partial charge in [-0.2, -0.15) is 0 Å². The van der Waals surface area contributed by atoms with Gasteiger partial charge in [0.05, 0.1) is 0 Å². The van der Waals surface area contributed by atoms with Gasteiger partial charge in [-0.1, -0.05) is 36.4 Å². The molecule has 0 aliphatic rings. The molecule has 21 heavy (non-hydrogen) atoms. The number of aromatic hydroxyl groups is 1. The van der Waals surface area contributed by atoms with Crippen molar-refractivity contribution in [3.63, 3.8) is 0 Å². The number of nitrogens with two attached hydrogens (primary N) is 2. The molecule has 0 unspecified atom stereocenters. The number of rotatable bonds is 4. The van der Waals surface area contributed by atoms with Crippen LogP contribution in [0.4, 0.5) is 0 Å². The summed E-state index contributed by atoms with van der Waals surface area (Å²) < 4.78 is 0. The molecular weight excluding hydrogens is 280 g/mol. The van der Waals surface area contributed by atoms with E-state index in [1.165, 1.54) is 0 Å². The molecule has 0 aliphatic heterocycles. The molecule has 0 heterocycles. The van der Waals surface area contributed by atoms with Crippen LogP contribution in [-0.4, -0.2) is 11.7 Å². The van der Waals surface area contributed by atoms with Crippen LogP contribution in [0.5, 0.6) is 5.75 Å². The van der Waals surface area contributed by atoms with Gasteiger partial charge >= 0.3 is 0 Å². The predicted molar refractivity (Wildman–Crippen MR) is 91.0 cm³/mol. The van der Waals surface area contributed by atoms with Crippen molar-refractivity contribution in [3.05, 3.63) is 70.9 Å². The first-order valence-corrected chi connectivity index (χ1v) is 7.00. The second-order valence-electron chi connectivity index (χ2n) is 4.59. The van der Waals surface area contributed by atoms with Crippen LogP contribution >= 0.6 is 12.6 Å². The van der Waals surface area contributed by atoms with Crippen LogP contribution in [0.15, 0.2) is 64.7 Å². The Morgan fingerprint density at radius 3 is 2.24 bits per heavy atom. The van der Waals surface area contributed by atoms with Crippen molar-refractivity contribution in [1.82, 2.24) is 0 Å². The number of hydrogen-bond donors (Lipinski definition) is 4. The molecule has 2 rings (SSSR count). The van der Waals surface area contributed by atoms with Crippen LogP contribution in [0.2, 0.25) is 0 Å². The molecule has 0 aliphatic carbocycles. The predicted octanol–water partition coefficient (Wildman–Crippen LogP) is 3.02. The maximum absolute atomic E-state index is 9.81. The van der Waals surface area contributed by atoms with Gasteiger partial charge in [0.15, 0.2) is 0 Å². The molecule has 108 valence electrons. The summed E-state index contributed by atoms with van der Waals surface area (Å²) in [6.45, 7) is 0.283. The number of para-hydroxylation sites is 1. The van der Waals surface area contributed by atoms with Crippen LogP contribution in [0.25, 0.3) is 12.2 Å². The van der Waals surface area contributed by atoms with Gasteiger partial charge in [0.2, 0.25) is 0 Å². The lowest BCUT2D eigenvalue weighted by molar-refractivity contribution is 0.474. The van der Waals surface area contributed by atoms with Crippen LogP contribution < -0.4 is 11.5 Å². The number of hydrogen-bond acceptors (Lipinski definition) is 4. The molecule has 0 spiro atoms. The van der Waals surface area contributed by atoms with Crippen LogP contribution in [0.1, 0.15) is 11.1 Å². The highest BCUT2D eigenvalue weighted by Gasteiger charge is 2.04. The number of phenolic OH excluding ortho intramolecular Hbond substituents is 1. The Hall–Kier alpha value is -2.17. The summed E-state index contributed by atoms with van der Waals surface area (Å²) >= 11 is 4.39. The minimum atomic E-state index is 0.200. The zero-order valence-corrected chi connectivity index (χ0v) is 12.4. The molecule has 5 N–H and O–H groups in total. The number of thiol groups is 1. The van der Waals surface area contributed by atoms with Crippen molar-refractivity contribution in [1.29, 1.82) is 0 Å². The van der Waals surface area contributed by atoms with E-state index in [1.54, 1.807) is 18.2 Å². The van der Waals surface area contributed by atoms with E-state index in [0.29, 0.717) is 11.3 Å². The van der Waals surface area contributed by atoms with E-state index < -0.39 is 0 Å². The zero-order chi connectivity index (χ0) is 15.2. The van der Waals surface area contributed by atoms with E-state index in [-0.39, 0.29) is 12.3 Å². The molecule has 0 amide bonds. The SMILES string of the molecule is NCC(=Cc1ccccc1O)C(N)=Cc1ccccc1S. The molecule has 0 atom stereocenters. The number of phenols is 1. The maximum Gasteiger partial charge on any atom is 0.122 e. The fourth-order valence-corrected chi connectivity index (χ4v) is 2.15. The topological polar surface area (TPSA) is 72.3 Å². The van der Waals surface area contributed by atoms with Gasteiger partial charge in [0.25, 0.3) is 0 Å². The van der Waals surface area contributed by atoms with Crippen molar-refractivity contribution in [2.45, 2.75) is 4.90 Å². The quantitative estimate of drug-likeness (QED) is 0.518. The molecule has 0 bridgehead atoms. The van der Waals surface area contributed by atoms with Crippen molar-refractivity contribution in [2.75, 3.05) is 6.54 Å². The third-order valence-electron chi connectivity index (χ3n) is 3.10. The lowest BCUT2D eigenvalue weighted by Crippen LogP contribution is -2.11. The van der Waals surface area contributed by atoms with Crippen LogP contribution in [-0.2, 0) is 0 Å². The summed E-state index contributed by atoms with van der Waals surface area (Å²) in [5.74, 6) is 0.200.